The first-order valence-electron chi connectivity index (χ1n) is 8.16. The summed E-state index contributed by atoms with van der Waals surface area (Å²) in [6, 6.07) is 13.2. The zero-order chi connectivity index (χ0) is 15.2. The van der Waals surface area contributed by atoms with E-state index in [-0.39, 0.29) is 0 Å². The lowest BCUT2D eigenvalue weighted by Crippen LogP contribution is -2.45. The summed E-state index contributed by atoms with van der Waals surface area (Å²) in [4.78, 5) is 13.7. The van der Waals surface area contributed by atoms with Crippen molar-refractivity contribution < 1.29 is 0 Å². The summed E-state index contributed by atoms with van der Waals surface area (Å²) in [7, 11) is 0. The second-order valence-corrected chi connectivity index (χ2v) is 5.83. The van der Waals surface area contributed by atoms with Crippen molar-refractivity contribution in [2.45, 2.75) is 32.4 Å². The van der Waals surface area contributed by atoms with Crippen molar-refractivity contribution in [1.29, 1.82) is 0 Å². The molecule has 1 aromatic heterocycles. The smallest absolute Gasteiger partial charge is 0.225 e. The van der Waals surface area contributed by atoms with Crippen molar-refractivity contribution in [2.24, 2.45) is 0 Å². The number of hydrogen-bond donors (Lipinski definition) is 0. The summed E-state index contributed by atoms with van der Waals surface area (Å²) in [6.45, 7) is 6.49. The molecule has 1 saturated heterocycles. The van der Waals surface area contributed by atoms with E-state index in [1.807, 2.05) is 18.5 Å². The Morgan fingerprint density at radius 2 is 1.73 bits per heavy atom. The average molecular weight is 296 g/mol. The Morgan fingerprint density at radius 3 is 2.36 bits per heavy atom. The molecule has 1 fully saturated rings. The number of nitrogens with zero attached hydrogens (tertiary/aromatic N) is 4. The Kier molecular flexibility index (Phi) is 5.01. The van der Waals surface area contributed by atoms with Crippen LogP contribution < -0.4 is 4.90 Å². The van der Waals surface area contributed by atoms with Crippen molar-refractivity contribution >= 4 is 5.95 Å². The molecular formula is C18H24N4. The van der Waals surface area contributed by atoms with Gasteiger partial charge in [0, 0.05) is 44.6 Å². The third kappa shape index (κ3) is 3.63. The monoisotopic (exact) mass is 296 g/mol. The first-order chi connectivity index (χ1) is 10.9. The Labute approximate surface area is 132 Å². The SMILES string of the molecule is CCN(c1ncccn1)C1CCN(Cc2ccccc2)CC1. The van der Waals surface area contributed by atoms with Crippen LogP contribution in [-0.2, 0) is 6.54 Å². The van der Waals surface area contributed by atoms with Gasteiger partial charge in [0.25, 0.3) is 0 Å². The molecule has 22 heavy (non-hydrogen) atoms. The van der Waals surface area contributed by atoms with Gasteiger partial charge in [0.2, 0.25) is 5.95 Å². The summed E-state index contributed by atoms with van der Waals surface area (Å²) >= 11 is 0. The van der Waals surface area contributed by atoms with Crippen LogP contribution in [0.25, 0.3) is 0 Å². The lowest BCUT2D eigenvalue weighted by molar-refractivity contribution is 0.201. The van der Waals surface area contributed by atoms with E-state index in [0.717, 1.165) is 32.1 Å². The molecule has 0 amide bonds. The fourth-order valence-corrected chi connectivity index (χ4v) is 3.23. The Bertz CT molecular complexity index is 550. The molecule has 0 N–H and O–H groups in total. The summed E-state index contributed by atoms with van der Waals surface area (Å²) < 4.78 is 0. The summed E-state index contributed by atoms with van der Waals surface area (Å²) in [5, 5.41) is 0. The van der Waals surface area contributed by atoms with Gasteiger partial charge in [-0.2, -0.15) is 0 Å². The molecule has 0 atom stereocenters. The number of hydrogen-bond acceptors (Lipinski definition) is 4. The van der Waals surface area contributed by atoms with Crippen molar-refractivity contribution in [3.63, 3.8) is 0 Å². The Balaban J connectivity index is 1.57. The molecule has 4 heteroatoms. The normalized spacial score (nSPS) is 16.6. The minimum Gasteiger partial charge on any atom is -0.338 e. The van der Waals surface area contributed by atoms with Crippen LogP contribution in [0.5, 0.6) is 0 Å². The quantitative estimate of drug-likeness (QED) is 0.849. The molecule has 1 aromatic carbocycles. The molecule has 0 unspecified atom stereocenters. The van der Waals surface area contributed by atoms with Crippen molar-refractivity contribution in [2.75, 3.05) is 24.5 Å². The molecule has 2 heterocycles. The topological polar surface area (TPSA) is 32.3 Å². The highest BCUT2D eigenvalue weighted by Gasteiger charge is 2.25. The summed E-state index contributed by atoms with van der Waals surface area (Å²) in [6.07, 6.45) is 6.02. The Hall–Kier alpha value is -1.94. The highest BCUT2D eigenvalue weighted by molar-refractivity contribution is 5.30. The van der Waals surface area contributed by atoms with Crippen molar-refractivity contribution in [3.05, 3.63) is 54.4 Å². The van der Waals surface area contributed by atoms with Crippen LogP contribution in [0.4, 0.5) is 5.95 Å². The van der Waals surface area contributed by atoms with Crippen LogP contribution in [0.1, 0.15) is 25.3 Å². The first-order valence-corrected chi connectivity index (χ1v) is 8.16. The number of benzene rings is 1. The number of likely N-dealkylation sites (tertiary alicyclic amines) is 1. The van der Waals surface area contributed by atoms with E-state index in [0.29, 0.717) is 6.04 Å². The fraction of sp³-hybridized carbons (Fsp3) is 0.444. The molecule has 0 radical (unpaired) electrons. The summed E-state index contributed by atoms with van der Waals surface area (Å²) in [5.74, 6) is 0.867. The molecule has 0 aliphatic carbocycles. The van der Waals surface area contributed by atoms with E-state index in [1.54, 1.807) is 0 Å². The molecule has 0 bridgehead atoms. The van der Waals surface area contributed by atoms with Gasteiger partial charge in [0.05, 0.1) is 0 Å². The molecule has 116 valence electrons. The zero-order valence-electron chi connectivity index (χ0n) is 13.2. The van der Waals surface area contributed by atoms with Gasteiger partial charge in [-0.1, -0.05) is 30.3 Å². The van der Waals surface area contributed by atoms with Gasteiger partial charge in [0.15, 0.2) is 0 Å². The second-order valence-electron chi connectivity index (χ2n) is 5.83. The van der Waals surface area contributed by atoms with E-state index in [1.165, 1.54) is 18.4 Å². The lowest BCUT2D eigenvalue weighted by Gasteiger charge is -2.38. The highest BCUT2D eigenvalue weighted by atomic mass is 15.3. The Morgan fingerprint density at radius 1 is 1.05 bits per heavy atom. The van der Waals surface area contributed by atoms with Gasteiger partial charge < -0.3 is 4.90 Å². The molecular weight excluding hydrogens is 272 g/mol. The predicted octanol–water partition coefficient (Wildman–Crippen LogP) is 2.97. The molecule has 0 spiro atoms. The van der Waals surface area contributed by atoms with Crippen LogP contribution in [0.3, 0.4) is 0 Å². The third-order valence-electron chi connectivity index (χ3n) is 4.40. The maximum absolute atomic E-state index is 4.41. The maximum Gasteiger partial charge on any atom is 0.225 e. The minimum atomic E-state index is 0.555. The van der Waals surface area contributed by atoms with Crippen LogP contribution >= 0.6 is 0 Å². The lowest BCUT2D eigenvalue weighted by atomic mass is 10.0. The molecule has 4 nitrogen and oxygen atoms in total. The van der Waals surface area contributed by atoms with Crippen LogP contribution in [0.15, 0.2) is 48.8 Å². The molecule has 3 rings (SSSR count). The number of anilines is 1. The van der Waals surface area contributed by atoms with Gasteiger partial charge in [-0.15, -0.1) is 0 Å². The van der Waals surface area contributed by atoms with Gasteiger partial charge in [-0.05, 0) is 31.4 Å². The first kappa shape index (κ1) is 15.0. The minimum absolute atomic E-state index is 0.555. The number of rotatable bonds is 5. The highest BCUT2D eigenvalue weighted by Crippen LogP contribution is 2.21. The number of piperidine rings is 1. The molecule has 1 aliphatic rings. The van der Waals surface area contributed by atoms with Crippen LogP contribution in [0, 0.1) is 0 Å². The molecule has 2 aromatic rings. The zero-order valence-corrected chi connectivity index (χ0v) is 13.2. The number of aromatic nitrogens is 2. The van der Waals surface area contributed by atoms with E-state index >= 15 is 0 Å². The molecule has 0 saturated carbocycles. The van der Waals surface area contributed by atoms with Crippen molar-refractivity contribution in [3.8, 4) is 0 Å². The van der Waals surface area contributed by atoms with Gasteiger partial charge in [0.1, 0.15) is 0 Å². The standard InChI is InChI=1S/C18H24N4/c1-2-22(18-19-11-6-12-20-18)17-9-13-21(14-10-17)15-16-7-4-3-5-8-16/h3-8,11-12,17H,2,9-10,13-15H2,1H3. The third-order valence-corrected chi connectivity index (χ3v) is 4.40. The van der Waals surface area contributed by atoms with E-state index in [9.17, 15) is 0 Å². The van der Waals surface area contributed by atoms with E-state index in [2.05, 4.69) is 57.0 Å². The average Bonchev–Trinajstić information content (AvgIpc) is 2.59. The van der Waals surface area contributed by atoms with E-state index < -0.39 is 0 Å². The predicted molar refractivity (Wildman–Crippen MR) is 89.8 cm³/mol. The van der Waals surface area contributed by atoms with Crippen LogP contribution in [0.2, 0.25) is 0 Å². The molecule has 1 aliphatic heterocycles. The second kappa shape index (κ2) is 7.36. The summed E-state index contributed by atoms with van der Waals surface area (Å²) in [5.41, 5.74) is 1.40. The van der Waals surface area contributed by atoms with Crippen molar-refractivity contribution in [1.82, 2.24) is 14.9 Å². The maximum atomic E-state index is 4.41. The van der Waals surface area contributed by atoms with E-state index in [4.69, 9.17) is 0 Å². The van der Waals surface area contributed by atoms with Gasteiger partial charge in [-0.3, -0.25) is 4.90 Å². The van der Waals surface area contributed by atoms with Crippen LogP contribution in [-0.4, -0.2) is 40.5 Å². The van der Waals surface area contributed by atoms with Gasteiger partial charge in [-0.25, -0.2) is 9.97 Å². The van der Waals surface area contributed by atoms with Gasteiger partial charge >= 0.3 is 0 Å². The largest absolute Gasteiger partial charge is 0.338 e. The fourth-order valence-electron chi connectivity index (χ4n) is 3.23.